The summed E-state index contributed by atoms with van der Waals surface area (Å²) in [6.45, 7) is 2.94. The summed E-state index contributed by atoms with van der Waals surface area (Å²) in [5, 5.41) is 13.7. The molecule has 3 nitrogen and oxygen atoms in total. The summed E-state index contributed by atoms with van der Waals surface area (Å²) in [4.78, 5) is 0. The summed E-state index contributed by atoms with van der Waals surface area (Å²) >= 11 is 0. The Labute approximate surface area is 116 Å². The minimum absolute atomic E-state index is 0.442. The third kappa shape index (κ3) is 4.22. The quantitative estimate of drug-likeness (QED) is 0.858. The van der Waals surface area contributed by atoms with Crippen molar-refractivity contribution in [2.75, 3.05) is 13.7 Å². The molecular weight excluding hydrogens is 238 g/mol. The molecule has 1 fully saturated rings. The molecule has 1 aromatic rings. The third-order valence-electron chi connectivity index (χ3n) is 4.04. The van der Waals surface area contributed by atoms with Gasteiger partial charge in [0.1, 0.15) is 5.75 Å². The van der Waals surface area contributed by atoms with E-state index >= 15 is 0 Å². The highest BCUT2D eigenvalue weighted by Gasteiger charge is 2.19. The Morgan fingerprint density at radius 2 is 2.05 bits per heavy atom. The fourth-order valence-electron chi connectivity index (χ4n) is 2.84. The molecular formula is C16H25NO2. The summed E-state index contributed by atoms with van der Waals surface area (Å²) in [6, 6.07) is 8.20. The number of nitrogens with one attached hydrogen (secondary N) is 1. The molecule has 1 aromatic carbocycles. The van der Waals surface area contributed by atoms with Gasteiger partial charge in [-0.2, -0.15) is 0 Å². The fraction of sp³-hybridized carbons (Fsp3) is 0.625. The van der Waals surface area contributed by atoms with Crippen LogP contribution in [0.1, 0.15) is 44.3 Å². The maximum Gasteiger partial charge on any atom is 0.118 e. The van der Waals surface area contributed by atoms with Gasteiger partial charge in [0, 0.05) is 12.6 Å². The number of methoxy groups -OCH3 is 1. The van der Waals surface area contributed by atoms with Crippen molar-refractivity contribution < 1.29 is 9.84 Å². The topological polar surface area (TPSA) is 41.5 Å². The summed E-state index contributed by atoms with van der Waals surface area (Å²) in [5.74, 6) is 1.63. The van der Waals surface area contributed by atoms with Gasteiger partial charge in [-0.1, -0.05) is 31.9 Å². The lowest BCUT2D eigenvalue weighted by molar-refractivity contribution is 0.162. The smallest absolute Gasteiger partial charge is 0.118 e. The normalized spacial score (nSPS) is 25.0. The first-order chi connectivity index (χ1) is 9.19. The van der Waals surface area contributed by atoms with Crippen molar-refractivity contribution in [3.63, 3.8) is 0 Å². The van der Waals surface area contributed by atoms with Crippen molar-refractivity contribution in [3.05, 3.63) is 29.8 Å². The van der Waals surface area contributed by atoms with Crippen LogP contribution in [0.2, 0.25) is 0 Å². The molecule has 0 aliphatic heterocycles. The molecule has 0 aromatic heterocycles. The first-order valence-electron chi connectivity index (χ1n) is 7.24. The Balaban J connectivity index is 1.81. The van der Waals surface area contributed by atoms with E-state index in [-0.39, 0.29) is 0 Å². The molecule has 3 unspecified atom stereocenters. The molecule has 3 atom stereocenters. The molecule has 0 amide bonds. The van der Waals surface area contributed by atoms with Crippen molar-refractivity contribution in [2.24, 2.45) is 5.92 Å². The van der Waals surface area contributed by atoms with Crippen LogP contribution in [-0.2, 0) is 0 Å². The largest absolute Gasteiger partial charge is 0.497 e. The Morgan fingerprint density at radius 1 is 1.32 bits per heavy atom. The maximum absolute atomic E-state index is 10.2. The molecule has 2 rings (SSSR count). The Hall–Kier alpha value is -1.06. The van der Waals surface area contributed by atoms with Crippen molar-refractivity contribution in [1.82, 2.24) is 5.32 Å². The minimum atomic E-state index is -0.442. The zero-order valence-electron chi connectivity index (χ0n) is 11.9. The second-order valence-electron chi connectivity index (χ2n) is 5.67. The van der Waals surface area contributed by atoms with Crippen LogP contribution in [0.4, 0.5) is 0 Å². The summed E-state index contributed by atoms with van der Waals surface area (Å²) in [6.07, 6.45) is 4.68. The van der Waals surface area contributed by atoms with E-state index in [1.807, 2.05) is 24.3 Å². The zero-order chi connectivity index (χ0) is 13.7. The van der Waals surface area contributed by atoms with Crippen LogP contribution >= 0.6 is 0 Å². The van der Waals surface area contributed by atoms with Crippen LogP contribution in [0.3, 0.4) is 0 Å². The number of aliphatic hydroxyl groups excluding tert-OH is 1. The van der Waals surface area contributed by atoms with E-state index in [1.165, 1.54) is 25.7 Å². The van der Waals surface area contributed by atoms with Crippen molar-refractivity contribution in [2.45, 2.75) is 44.8 Å². The van der Waals surface area contributed by atoms with E-state index in [1.54, 1.807) is 7.11 Å². The predicted octanol–water partition coefficient (Wildman–Crippen LogP) is 2.90. The number of ether oxygens (including phenoxy) is 1. The van der Waals surface area contributed by atoms with E-state index in [0.717, 1.165) is 17.2 Å². The molecule has 2 N–H and O–H groups in total. The van der Waals surface area contributed by atoms with E-state index in [2.05, 4.69) is 12.2 Å². The Bertz CT molecular complexity index is 377. The van der Waals surface area contributed by atoms with E-state index in [0.29, 0.717) is 12.6 Å². The molecule has 1 saturated carbocycles. The average molecular weight is 263 g/mol. The standard InChI is InChI=1S/C16H25NO2/c1-12-4-3-5-14(10-12)17-11-16(18)13-6-8-15(19-2)9-7-13/h6-9,12,14,16-18H,3-5,10-11H2,1-2H3. The molecule has 1 aliphatic rings. The zero-order valence-corrected chi connectivity index (χ0v) is 11.9. The van der Waals surface area contributed by atoms with Crippen LogP contribution in [0.15, 0.2) is 24.3 Å². The van der Waals surface area contributed by atoms with Gasteiger partial charge >= 0.3 is 0 Å². The number of rotatable bonds is 5. The van der Waals surface area contributed by atoms with Gasteiger partial charge in [0.2, 0.25) is 0 Å². The summed E-state index contributed by atoms with van der Waals surface area (Å²) in [7, 11) is 1.65. The maximum atomic E-state index is 10.2. The number of aliphatic hydroxyl groups is 1. The van der Waals surface area contributed by atoms with Crippen molar-refractivity contribution >= 4 is 0 Å². The molecule has 0 heterocycles. The van der Waals surface area contributed by atoms with Crippen LogP contribution in [0.5, 0.6) is 5.75 Å². The average Bonchev–Trinajstić information content (AvgIpc) is 2.45. The van der Waals surface area contributed by atoms with Crippen LogP contribution in [0.25, 0.3) is 0 Å². The minimum Gasteiger partial charge on any atom is -0.497 e. The number of benzene rings is 1. The molecule has 0 radical (unpaired) electrons. The van der Waals surface area contributed by atoms with Gasteiger partial charge in [-0.3, -0.25) is 0 Å². The van der Waals surface area contributed by atoms with Gasteiger partial charge in [0.25, 0.3) is 0 Å². The van der Waals surface area contributed by atoms with Crippen molar-refractivity contribution in [1.29, 1.82) is 0 Å². The summed E-state index contributed by atoms with van der Waals surface area (Å²) < 4.78 is 5.12. The number of hydrogen-bond acceptors (Lipinski definition) is 3. The van der Waals surface area contributed by atoms with E-state index in [9.17, 15) is 5.11 Å². The van der Waals surface area contributed by atoms with Crippen LogP contribution in [-0.4, -0.2) is 24.8 Å². The summed E-state index contributed by atoms with van der Waals surface area (Å²) in [5.41, 5.74) is 0.942. The predicted molar refractivity (Wildman–Crippen MR) is 77.4 cm³/mol. The van der Waals surface area contributed by atoms with Gasteiger partial charge in [-0.15, -0.1) is 0 Å². The van der Waals surface area contributed by atoms with Gasteiger partial charge < -0.3 is 15.2 Å². The first-order valence-corrected chi connectivity index (χ1v) is 7.24. The van der Waals surface area contributed by atoms with Crippen LogP contribution < -0.4 is 10.1 Å². The molecule has 0 bridgehead atoms. The van der Waals surface area contributed by atoms with Gasteiger partial charge in [0.05, 0.1) is 13.2 Å². The van der Waals surface area contributed by atoms with Gasteiger partial charge in [-0.05, 0) is 36.5 Å². The highest BCUT2D eigenvalue weighted by molar-refractivity contribution is 5.28. The SMILES string of the molecule is COc1ccc(C(O)CNC2CCCC(C)C2)cc1. The highest BCUT2D eigenvalue weighted by Crippen LogP contribution is 2.24. The van der Waals surface area contributed by atoms with Gasteiger partial charge in [0.15, 0.2) is 0 Å². The Morgan fingerprint density at radius 3 is 2.68 bits per heavy atom. The molecule has 0 saturated heterocycles. The van der Waals surface area contributed by atoms with Crippen molar-refractivity contribution in [3.8, 4) is 5.75 Å². The fourth-order valence-corrected chi connectivity index (χ4v) is 2.84. The monoisotopic (exact) mass is 263 g/mol. The lowest BCUT2D eigenvalue weighted by atomic mass is 9.87. The molecule has 3 heteroatoms. The molecule has 106 valence electrons. The molecule has 0 spiro atoms. The second-order valence-corrected chi connectivity index (χ2v) is 5.67. The first kappa shape index (κ1) is 14.4. The van der Waals surface area contributed by atoms with E-state index < -0.39 is 6.10 Å². The van der Waals surface area contributed by atoms with E-state index in [4.69, 9.17) is 4.74 Å². The number of hydrogen-bond donors (Lipinski definition) is 2. The van der Waals surface area contributed by atoms with Crippen LogP contribution in [0, 0.1) is 5.92 Å². The lowest BCUT2D eigenvalue weighted by Gasteiger charge is -2.28. The third-order valence-corrected chi connectivity index (χ3v) is 4.04. The Kier molecular flexibility index (Phi) is 5.23. The lowest BCUT2D eigenvalue weighted by Crippen LogP contribution is -2.36. The highest BCUT2D eigenvalue weighted by atomic mass is 16.5. The molecule has 19 heavy (non-hydrogen) atoms. The molecule has 1 aliphatic carbocycles. The van der Waals surface area contributed by atoms with Gasteiger partial charge in [-0.25, -0.2) is 0 Å². The second kappa shape index (κ2) is 6.92.